The van der Waals surface area contributed by atoms with Crippen molar-refractivity contribution in [3.63, 3.8) is 0 Å². The highest BCUT2D eigenvalue weighted by Crippen LogP contribution is 2.23. The minimum atomic E-state index is -4.06. The normalized spacial score (nSPS) is 23.1. The zero-order chi connectivity index (χ0) is 21.7. The van der Waals surface area contributed by atoms with Crippen LogP contribution in [0.25, 0.3) is 0 Å². The van der Waals surface area contributed by atoms with E-state index in [1.54, 1.807) is 12.1 Å². The predicted molar refractivity (Wildman–Crippen MR) is 112 cm³/mol. The number of amidine groups is 1. The zero-order valence-corrected chi connectivity index (χ0v) is 18.6. The van der Waals surface area contributed by atoms with Gasteiger partial charge >= 0.3 is 5.97 Å². The Morgan fingerprint density at radius 2 is 2.07 bits per heavy atom. The van der Waals surface area contributed by atoms with Gasteiger partial charge in [0.1, 0.15) is 5.70 Å². The SMILES string of the molecule is CCOC(=O)C1=C(N)C(=NCCCON2NSC=C2N2CCN(C)CC2)NS1(=O)=O. The number of hydrogen-bond donors (Lipinski definition) is 3. The molecule has 30 heavy (non-hydrogen) atoms. The fraction of sp³-hybridized carbons (Fsp3) is 0.625. The van der Waals surface area contributed by atoms with Crippen LogP contribution < -0.4 is 15.3 Å². The average Bonchev–Trinajstić information content (AvgIpc) is 3.24. The summed E-state index contributed by atoms with van der Waals surface area (Å²) in [6.45, 7) is 6.08. The Morgan fingerprint density at radius 1 is 1.33 bits per heavy atom. The topological polar surface area (TPSA) is 142 Å². The van der Waals surface area contributed by atoms with E-state index in [9.17, 15) is 13.2 Å². The molecule has 0 bridgehead atoms. The number of nitrogens with one attached hydrogen (secondary N) is 2. The third-order valence-corrected chi connectivity index (χ3v) is 6.57. The van der Waals surface area contributed by atoms with Crippen molar-refractivity contribution in [1.82, 2.24) is 24.5 Å². The van der Waals surface area contributed by atoms with Crippen LogP contribution in [-0.2, 0) is 24.4 Å². The van der Waals surface area contributed by atoms with Crippen LogP contribution in [0.1, 0.15) is 13.3 Å². The number of nitrogens with zero attached hydrogens (tertiary/aromatic N) is 4. The maximum absolute atomic E-state index is 12.1. The summed E-state index contributed by atoms with van der Waals surface area (Å²) in [6.07, 6.45) is 0.520. The molecule has 0 aliphatic carbocycles. The third-order valence-electron chi connectivity index (χ3n) is 4.59. The van der Waals surface area contributed by atoms with E-state index in [-0.39, 0.29) is 24.7 Å². The highest BCUT2D eigenvalue weighted by atomic mass is 32.2. The summed E-state index contributed by atoms with van der Waals surface area (Å²) >= 11 is 1.44. The molecule has 0 spiro atoms. The number of hydroxylamine groups is 1. The number of esters is 1. The fourth-order valence-electron chi connectivity index (χ4n) is 2.98. The van der Waals surface area contributed by atoms with Crippen LogP contribution in [0.3, 0.4) is 0 Å². The predicted octanol–water partition coefficient (Wildman–Crippen LogP) is -1.11. The van der Waals surface area contributed by atoms with Crippen molar-refractivity contribution in [3.8, 4) is 0 Å². The molecule has 0 amide bonds. The van der Waals surface area contributed by atoms with E-state index in [0.29, 0.717) is 13.0 Å². The highest BCUT2D eigenvalue weighted by molar-refractivity contribution is 8.00. The number of hydrogen-bond acceptors (Lipinski definition) is 12. The quantitative estimate of drug-likeness (QED) is 0.230. The first-order valence-electron chi connectivity index (χ1n) is 9.56. The summed E-state index contributed by atoms with van der Waals surface area (Å²) in [4.78, 5) is 28.8. The van der Waals surface area contributed by atoms with Gasteiger partial charge in [-0.25, -0.2) is 13.2 Å². The summed E-state index contributed by atoms with van der Waals surface area (Å²) in [5, 5.41) is 3.63. The molecule has 0 radical (unpaired) electrons. The molecule has 1 saturated heterocycles. The first kappa shape index (κ1) is 22.7. The molecular weight excluding hydrogens is 434 g/mol. The lowest BCUT2D eigenvalue weighted by molar-refractivity contribution is -0.163. The molecule has 14 heteroatoms. The Balaban J connectivity index is 1.48. The van der Waals surface area contributed by atoms with Crippen molar-refractivity contribution >= 4 is 33.8 Å². The Bertz CT molecular complexity index is 850. The van der Waals surface area contributed by atoms with E-state index in [2.05, 4.69) is 31.4 Å². The van der Waals surface area contributed by atoms with E-state index in [0.717, 1.165) is 32.0 Å². The van der Waals surface area contributed by atoms with Gasteiger partial charge in [-0.3, -0.25) is 14.6 Å². The number of rotatable bonds is 8. The van der Waals surface area contributed by atoms with Gasteiger partial charge in [0.25, 0.3) is 10.0 Å². The van der Waals surface area contributed by atoms with E-state index >= 15 is 0 Å². The van der Waals surface area contributed by atoms with Crippen LogP contribution in [-0.4, -0.2) is 88.2 Å². The van der Waals surface area contributed by atoms with Gasteiger partial charge in [-0.2, -0.15) is 5.17 Å². The lowest BCUT2D eigenvalue weighted by atomic mass is 10.3. The smallest absolute Gasteiger partial charge is 0.354 e. The van der Waals surface area contributed by atoms with E-state index in [1.165, 1.54) is 11.9 Å². The van der Waals surface area contributed by atoms with E-state index in [4.69, 9.17) is 15.3 Å². The van der Waals surface area contributed by atoms with Crippen LogP contribution in [0.4, 0.5) is 0 Å². The highest BCUT2D eigenvalue weighted by Gasteiger charge is 2.38. The molecule has 0 aromatic rings. The molecule has 168 valence electrons. The van der Waals surface area contributed by atoms with Crippen molar-refractivity contribution in [2.24, 2.45) is 10.7 Å². The summed E-state index contributed by atoms with van der Waals surface area (Å²) in [7, 11) is -1.95. The van der Waals surface area contributed by atoms with E-state index < -0.39 is 20.9 Å². The molecule has 12 nitrogen and oxygen atoms in total. The lowest BCUT2D eigenvalue weighted by Gasteiger charge is -2.36. The van der Waals surface area contributed by atoms with Gasteiger partial charge in [0, 0.05) is 38.1 Å². The second kappa shape index (κ2) is 9.87. The monoisotopic (exact) mass is 461 g/mol. The van der Waals surface area contributed by atoms with Crippen LogP contribution >= 0.6 is 11.9 Å². The Kier molecular flexibility index (Phi) is 7.46. The Labute approximate surface area is 180 Å². The largest absolute Gasteiger partial charge is 0.462 e. The maximum Gasteiger partial charge on any atom is 0.354 e. The number of hydrazine groups is 1. The molecule has 0 atom stereocenters. The molecule has 3 heterocycles. The maximum atomic E-state index is 12.1. The van der Waals surface area contributed by atoms with Crippen LogP contribution in [0.15, 0.2) is 26.8 Å². The van der Waals surface area contributed by atoms with Crippen LogP contribution in [0.2, 0.25) is 0 Å². The van der Waals surface area contributed by atoms with Crippen LogP contribution in [0, 0.1) is 0 Å². The summed E-state index contributed by atoms with van der Waals surface area (Å²) in [5.74, 6) is -0.0722. The minimum absolute atomic E-state index is 0.0440. The number of sulfonamides is 1. The Morgan fingerprint density at radius 3 is 2.77 bits per heavy atom. The molecule has 3 aliphatic rings. The molecule has 4 N–H and O–H groups in total. The average molecular weight is 462 g/mol. The molecule has 0 aromatic heterocycles. The molecule has 0 saturated carbocycles. The first-order chi connectivity index (χ1) is 14.3. The standard InChI is InChI=1S/C16H27N7O5S2/c1-3-27-16(24)14-13(17)15(19-30(14,25)26)18-5-4-10-28-23-12(11-29-20-23)22-8-6-21(2)7-9-22/h11,20H,3-10,17H2,1-2H3,(H,18,19). The van der Waals surface area contributed by atoms with Gasteiger partial charge in [-0.05, 0) is 32.3 Å². The molecule has 3 aliphatic heterocycles. The first-order valence-corrected chi connectivity index (χ1v) is 11.9. The number of likely N-dealkylation sites (N-methyl/N-ethyl adjacent to an activating group) is 1. The number of nitrogens with two attached hydrogens (primary N) is 1. The summed E-state index contributed by atoms with van der Waals surface area (Å²) in [5.41, 5.74) is 5.56. The van der Waals surface area contributed by atoms with Gasteiger partial charge in [0.05, 0.1) is 13.2 Å². The van der Waals surface area contributed by atoms with Crippen molar-refractivity contribution in [2.75, 3.05) is 53.0 Å². The summed E-state index contributed by atoms with van der Waals surface area (Å²) in [6, 6.07) is 0. The molecule has 1 fully saturated rings. The number of ether oxygens (including phenoxy) is 1. The Hall–Kier alpha value is -2.00. The number of aliphatic imine (C=N–C) groups is 1. The lowest BCUT2D eigenvalue weighted by Crippen LogP contribution is -2.47. The van der Waals surface area contributed by atoms with Gasteiger partial charge in [0.15, 0.2) is 16.6 Å². The number of piperazine rings is 1. The van der Waals surface area contributed by atoms with Gasteiger partial charge < -0.3 is 20.3 Å². The van der Waals surface area contributed by atoms with Crippen molar-refractivity contribution in [2.45, 2.75) is 13.3 Å². The van der Waals surface area contributed by atoms with Gasteiger partial charge in [-0.1, -0.05) is 0 Å². The number of carbonyl (C=O) groups excluding carboxylic acids is 1. The molecule has 0 unspecified atom stereocenters. The zero-order valence-electron chi connectivity index (χ0n) is 17.0. The molecule has 0 aromatic carbocycles. The van der Waals surface area contributed by atoms with Crippen LogP contribution in [0.5, 0.6) is 0 Å². The van der Waals surface area contributed by atoms with Gasteiger partial charge in [0.2, 0.25) is 0 Å². The second-order valence-corrected chi connectivity index (χ2v) is 9.03. The van der Waals surface area contributed by atoms with Crippen molar-refractivity contribution < 1.29 is 22.8 Å². The van der Waals surface area contributed by atoms with Crippen molar-refractivity contribution in [1.29, 1.82) is 0 Å². The third kappa shape index (κ3) is 5.18. The second-order valence-electron chi connectivity index (χ2n) is 6.76. The molecular formula is C16H27N7O5S2. The van der Waals surface area contributed by atoms with Crippen molar-refractivity contribution in [3.05, 3.63) is 21.8 Å². The summed E-state index contributed by atoms with van der Waals surface area (Å²) < 4.78 is 31.1. The minimum Gasteiger partial charge on any atom is -0.462 e. The van der Waals surface area contributed by atoms with Gasteiger partial charge in [-0.15, -0.1) is 4.83 Å². The molecule has 3 rings (SSSR count). The number of carbonyl (C=O) groups is 1. The van der Waals surface area contributed by atoms with E-state index in [1.807, 2.05) is 5.41 Å². The fourth-order valence-corrected chi connectivity index (χ4v) is 4.82.